The van der Waals surface area contributed by atoms with E-state index in [2.05, 4.69) is 5.32 Å². The van der Waals surface area contributed by atoms with Gasteiger partial charge in [0.1, 0.15) is 0 Å². The van der Waals surface area contributed by atoms with Crippen molar-refractivity contribution in [2.75, 3.05) is 6.54 Å². The maximum Gasteiger partial charge on any atom is 0.308 e. The fraction of sp³-hybridized carbons (Fsp3) is 0.818. The zero-order valence-electron chi connectivity index (χ0n) is 10.0. The van der Waals surface area contributed by atoms with Gasteiger partial charge in [-0.3, -0.25) is 9.59 Å². The number of carbonyl (C=O) groups excluding carboxylic acids is 1. The topological polar surface area (TPSA) is 92.4 Å². The Balaban J connectivity index is 3.83. The van der Waals surface area contributed by atoms with Crippen molar-refractivity contribution >= 4 is 11.9 Å². The van der Waals surface area contributed by atoms with Crippen LogP contribution in [0.25, 0.3) is 0 Å². The second-order valence-electron chi connectivity index (χ2n) is 4.00. The number of nitrogens with one attached hydrogen (secondary N) is 1. The minimum absolute atomic E-state index is 0.130. The maximum absolute atomic E-state index is 11.4. The molecule has 0 aliphatic rings. The van der Waals surface area contributed by atoms with Crippen LogP contribution in [0.1, 0.15) is 39.5 Å². The minimum Gasteiger partial charge on any atom is -0.481 e. The first kappa shape index (κ1) is 14.9. The lowest BCUT2D eigenvalue weighted by atomic mass is 10.1. The first-order chi connectivity index (χ1) is 7.51. The highest BCUT2D eigenvalue weighted by atomic mass is 16.4. The molecule has 0 saturated heterocycles. The molecule has 1 amide bonds. The quantitative estimate of drug-likeness (QED) is 0.573. The van der Waals surface area contributed by atoms with Gasteiger partial charge in [-0.25, -0.2) is 0 Å². The summed E-state index contributed by atoms with van der Waals surface area (Å²) in [6.07, 6.45) is 2.53. The molecule has 0 aliphatic carbocycles. The Kier molecular flexibility index (Phi) is 7.54. The summed E-state index contributed by atoms with van der Waals surface area (Å²) in [5.41, 5.74) is 5.71. The van der Waals surface area contributed by atoms with Crippen molar-refractivity contribution in [1.29, 1.82) is 0 Å². The van der Waals surface area contributed by atoms with E-state index in [9.17, 15) is 9.59 Å². The number of aliphatic carboxylic acids is 1. The van der Waals surface area contributed by atoms with Gasteiger partial charge in [-0.1, -0.05) is 20.3 Å². The third kappa shape index (κ3) is 6.40. The van der Waals surface area contributed by atoms with Crippen LogP contribution < -0.4 is 11.1 Å². The van der Waals surface area contributed by atoms with Crippen LogP contribution in [0.2, 0.25) is 0 Å². The summed E-state index contributed by atoms with van der Waals surface area (Å²) >= 11 is 0. The van der Waals surface area contributed by atoms with Gasteiger partial charge in [0.15, 0.2) is 0 Å². The molecule has 16 heavy (non-hydrogen) atoms. The molecule has 0 aliphatic heterocycles. The van der Waals surface area contributed by atoms with Crippen molar-refractivity contribution in [3.8, 4) is 0 Å². The fourth-order valence-electron chi connectivity index (χ4n) is 1.43. The third-order valence-electron chi connectivity index (χ3n) is 2.49. The first-order valence-corrected chi connectivity index (χ1v) is 5.76. The van der Waals surface area contributed by atoms with Crippen LogP contribution in [-0.4, -0.2) is 29.6 Å². The number of carboxylic acids is 1. The third-order valence-corrected chi connectivity index (χ3v) is 2.49. The van der Waals surface area contributed by atoms with Gasteiger partial charge in [0.25, 0.3) is 0 Å². The Morgan fingerprint density at radius 1 is 1.38 bits per heavy atom. The van der Waals surface area contributed by atoms with E-state index < -0.39 is 11.9 Å². The maximum atomic E-state index is 11.4. The molecule has 4 N–H and O–H groups in total. The van der Waals surface area contributed by atoms with Crippen LogP contribution in [-0.2, 0) is 9.59 Å². The number of carbonyl (C=O) groups is 2. The molecule has 0 spiro atoms. The van der Waals surface area contributed by atoms with Crippen LogP contribution in [0.5, 0.6) is 0 Å². The van der Waals surface area contributed by atoms with Crippen LogP contribution in [0.4, 0.5) is 0 Å². The zero-order valence-corrected chi connectivity index (χ0v) is 10.0. The first-order valence-electron chi connectivity index (χ1n) is 5.76. The molecule has 94 valence electrons. The number of nitrogens with two attached hydrogens (primary N) is 1. The van der Waals surface area contributed by atoms with E-state index >= 15 is 0 Å². The lowest BCUT2D eigenvalue weighted by Crippen LogP contribution is -2.36. The molecular weight excluding hydrogens is 208 g/mol. The lowest BCUT2D eigenvalue weighted by Gasteiger charge is -2.13. The number of hydrogen-bond donors (Lipinski definition) is 3. The highest BCUT2D eigenvalue weighted by Crippen LogP contribution is 2.02. The van der Waals surface area contributed by atoms with Gasteiger partial charge < -0.3 is 16.2 Å². The van der Waals surface area contributed by atoms with Crippen molar-refractivity contribution in [1.82, 2.24) is 5.32 Å². The van der Waals surface area contributed by atoms with Gasteiger partial charge in [-0.05, 0) is 12.8 Å². The molecule has 5 nitrogen and oxygen atoms in total. The molecule has 2 atom stereocenters. The Morgan fingerprint density at radius 2 is 2.00 bits per heavy atom. The van der Waals surface area contributed by atoms with E-state index in [1.165, 1.54) is 0 Å². The van der Waals surface area contributed by atoms with Crippen LogP contribution in [0, 0.1) is 5.92 Å². The van der Waals surface area contributed by atoms with Gasteiger partial charge in [-0.2, -0.15) is 0 Å². The van der Waals surface area contributed by atoms with Gasteiger partial charge in [-0.15, -0.1) is 0 Å². The molecule has 0 rings (SSSR count). The molecule has 0 radical (unpaired) electrons. The molecule has 2 unspecified atom stereocenters. The van der Waals surface area contributed by atoms with Crippen molar-refractivity contribution in [2.45, 2.75) is 45.6 Å². The van der Waals surface area contributed by atoms with Gasteiger partial charge >= 0.3 is 5.97 Å². The Hall–Kier alpha value is -1.10. The van der Waals surface area contributed by atoms with Crippen LogP contribution >= 0.6 is 0 Å². The van der Waals surface area contributed by atoms with Crippen LogP contribution in [0.3, 0.4) is 0 Å². The summed E-state index contributed by atoms with van der Waals surface area (Å²) < 4.78 is 0. The summed E-state index contributed by atoms with van der Waals surface area (Å²) in [7, 11) is 0. The molecule has 0 bridgehead atoms. The van der Waals surface area contributed by atoms with Gasteiger partial charge in [0.05, 0.1) is 5.92 Å². The highest BCUT2D eigenvalue weighted by Gasteiger charge is 2.16. The molecule has 0 aromatic carbocycles. The molecule has 0 aromatic rings. The summed E-state index contributed by atoms with van der Waals surface area (Å²) in [6, 6.07) is -0.130. The monoisotopic (exact) mass is 230 g/mol. The molecule has 0 aromatic heterocycles. The molecule has 0 fully saturated rings. The average Bonchev–Trinajstić information content (AvgIpc) is 2.18. The Labute approximate surface area is 96.4 Å². The highest BCUT2D eigenvalue weighted by molar-refractivity contribution is 5.77. The number of amides is 1. The van der Waals surface area contributed by atoms with Gasteiger partial charge in [0.2, 0.25) is 5.91 Å². The molecule has 0 saturated carbocycles. The van der Waals surface area contributed by atoms with Crippen molar-refractivity contribution in [3.05, 3.63) is 0 Å². The zero-order chi connectivity index (χ0) is 12.6. The standard InChI is InChI=1S/C11H22N2O3/c1-3-5-9(12)6-10(14)13-7-8(4-2)11(15)16/h8-9H,3-7,12H2,1-2H3,(H,13,14)(H,15,16). The van der Waals surface area contributed by atoms with E-state index in [0.717, 1.165) is 12.8 Å². The van der Waals surface area contributed by atoms with E-state index in [-0.39, 0.29) is 24.9 Å². The van der Waals surface area contributed by atoms with Gasteiger partial charge in [0, 0.05) is 19.0 Å². The smallest absolute Gasteiger partial charge is 0.308 e. The normalized spacial score (nSPS) is 14.2. The predicted octanol–water partition coefficient (Wildman–Crippen LogP) is 0.731. The Morgan fingerprint density at radius 3 is 2.44 bits per heavy atom. The summed E-state index contributed by atoms with van der Waals surface area (Å²) in [4.78, 5) is 22.1. The van der Waals surface area contributed by atoms with E-state index in [4.69, 9.17) is 10.8 Å². The van der Waals surface area contributed by atoms with E-state index in [1.807, 2.05) is 6.92 Å². The molecular formula is C11H22N2O3. The Bertz CT molecular complexity index is 231. The van der Waals surface area contributed by atoms with Crippen molar-refractivity contribution in [2.24, 2.45) is 11.7 Å². The fourth-order valence-corrected chi connectivity index (χ4v) is 1.43. The molecule has 5 heteroatoms. The number of rotatable bonds is 8. The van der Waals surface area contributed by atoms with E-state index in [0.29, 0.717) is 6.42 Å². The summed E-state index contributed by atoms with van der Waals surface area (Å²) in [6.45, 7) is 3.98. The predicted molar refractivity (Wildman–Crippen MR) is 61.9 cm³/mol. The van der Waals surface area contributed by atoms with Crippen LogP contribution in [0.15, 0.2) is 0 Å². The largest absolute Gasteiger partial charge is 0.481 e. The second-order valence-corrected chi connectivity index (χ2v) is 4.00. The number of hydrogen-bond acceptors (Lipinski definition) is 3. The molecule has 0 heterocycles. The SMILES string of the molecule is CCCC(N)CC(=O)NCC(CC)C(=O)O. The average molecular weight is 230 g/mol. The summed E-state index contributed by atoms with van der Waals surface area (Å²) in [5, 5.41) is 11.4. The number of carboxylic acid groups (broad SMARTS) is 1. The van der Waals surface area contributed by atoms with E-state index in [1.54, 1.807) is 6.92 Å². The van der Waals surface area contributed by atoms with Crippen molar-refractivity contribution in [3.63, 3.8) is 0 Å². The minimum atomic E-state index is -0.874. The lowest BCUT2D eigenvalue weighted by molar-refractivity contribution is -0.141. The summed E-state index contributed by atoms with van der Waals surface area (Å²) in [5.74, 6) is -1.55. The second kappa shape index (κ2) is 8.10. The van der Waals surface area contributed by atoms with Crippen molar-refractivity contribution < 1.29 is 14.7 Å².